The lowest BCUT2D eigenvalue weighted by molar-refractivity contribution is -0.127. The lowest BCUT2D eigenvalue weighted by atomic mass is 10.2. The summed E-state index contributed by atoms with van der Waals surface area (Å²) >= 11 is 5.94. The van der Waals surface area contributed by atoms with Crippen LogP contribution in [0.1, 0.15) is 19.8 Å². The molecule has 5 nitrogen and oxygen atoms in total. The number of benzene rings is 1. The monoisotopic (exact) mass is 307 g/mol. The Kier molecular flexibility index (Phi) is 4.85. The van der Waals surface area contributed by atoms with Gasteiger partial charge in [-0.25, -0.2) is 0 Å². The first-order valence-electron chi connectivity index (χ1n) is 6.84. The summed E-state index contributed by atoms with van der Waals surface area (Å²) in [6.07, 6.45) is 2.70. The predicted octanol–water partition coefficient (Wildman–Crippen LogP) is 2.06. The van der Waals surface area contributed by atoms with Gasteiger partial charge in [0, 0.05) is 35.1 Å². The molecule has 2 rings (SSSR count). The molecule has 1 aromatic heterocycles. The number of carbonyl (C=O) groups excluding carboxylic acids is 2. The molecule has 0 aliphatic carbocycles. The van der Waals surface area contributed by atoms with Gasteiger partial charge in [-0.2, -0.15) is 0 Å². The third-order valence-electron chi connectivity index (χ3n) is 3.40. The van der Waals surface area contributed by atoms with Gasteiger partial charge in [0.25, 0.3) is 0 Å². The van der Waals surface area contributed by atoms with E-state index in [4.69, 9.17) is 17.3 Å². The van der Waals surface area contributed by atoms with Crippen molar-refractivity contribution < 1.29 is 9.59 Å². The number of carbonyl (C=O) groups is 2. The van der Waals surface area contributed by atoms with Crippen LogP contribution in [0.15, 0.2) is 30.5 Å². The molecule has 3 N–H and O–H groups in total. The number of hydrogen-bond acceptors (Lipinski definition) is 2. The molecule has 0 saturated heterocycles. The number of halogens is 1. The van der Waals surface area contributed by atoms with E-state index in [0.29, 0.717) is 18.0 Å². The Morgan fingerprint density at radius 1 is 1.38 bits per heavy atom. The first-order chi connectivity index (χ1) is 10.0. The van der Waals surface area contributed by atoms with Crippen molar-refractivity contribution in [3.8, 4) is 0 Å². The van der Waals surface area contributed by atoms with Gasteiger partial charge in [0.1, 0.15) is 6.04 Å². The molecular formula is C15H18ClN3O2. The number of rotatable bonds is 6. The van der Waals surface area contributed by atoms with Crippen LogP contribution in [0.3, 0.4) is 0 Å². The molecule has 0 spiro atoms. The minimum absolute atomic E-state index is 0.184. The highest BCUT2D eigenvalue weighted by molar-refractivity contribution is 6.31. The molecule has 0 unspecified atom stereocenters. The molecule has 2 amide bonds. The van der Waals surface area contributed by atoms with Crippen LogP contribution in [0.4, 0.5) is 0 Å². The second kappa shape index (κ2) is 6.63. The summed E-state index contributed by atoms with van der Waals surface area (Å²) in [5.74, 6) is -0.691. The van der Waals surface area contributed by atoms with Gasteiger partial charge in [-0.3, -0.25) is 9.59 Å². The maximum Gasteiger partial charge on any atom is 0.239 e. The maximum atomic E-state index is 11.8. The van der Waals surface area contributed by atoms with E-state index < -0.39 is 11.9 Å². The van der Waals surface area contributed by atoms with Crippen LogP contribution in [0.5, 0.6) is 0 Å². The Balaban J connectivity index is 1.98. The minimum atomic E-state index is -0.599. The van der Waals surface area contributed by atoms with Crippen molar-refractivity contribution in [3.05, 3.63) is 35.5 Å². The number of nitrogens with zero attached hydrogens (tertiary/aromatic N) is 1. The summed E-state index contributed by atoms with van der Waals surface area (Å²) in [6.45, 7) is 2.34. The van der Waals surface area contributed by atoms with E-state index in [1.54, 1.807) is 6.92 Å². The van der Waals surface area contributed by atoms with Crippen LogP contribution < -0.4 is 11.1 Å². The Morgan fingerprint density at radius 3 is 2.81 bits per heavy atom. The highest BCUT2D eigenvalue weighted by atomic mass is 35.5. The smallest absolute Gasteiger partial charge is 0.239 e. The van der Waals surface area contributed by atoms with Gasteiger partial charge >= 0.3 is 0 Å². The van der Waals surface area contributed by atoms with Crippen LogP contribution in [0.25, 0.3) is 10.9 Å². The Labute approximate surface area is 128 Å². The zero-order valence-corrected chi connectivity index (χ0v) is 12.6. The quantitative estimate of drug-likeness (QED) is 0.857. The number of aromatic nitrogens is 1. The zero-order valence-electron chi connectivity index (χ0n) is 11.8. The first-order valence-corrected chi connectivity index (χ1v) is 7.22. The third kappa shape index (κ3) is 3.76. The summed E-state index contributed by atoms with van der Waals surface area (Å²) in [7, 11) is 0. The normalized spacial score (nSPS) is 12.3. The van der Waals surface area contributed by atoms with E-state index in [-0.39, 0.29) is 12.3 Å². The fourth-order valence-electron chi connectivity index (χ4n) is 2.23. The van der Waals surface area contributed by atoms with Crippen molar-refractivity contribution in [2.24, 2.45) is 5.73 Å². The molecule has 0 bridgehead atoms. The number of primary amides is 1. The van der Waals surface area contributed by atoms with Gasteiger partial charge in [-0.1, -0.05) is 18.5 Å². The predicted molar refractivity (Wildman–Crippen MR) is 83.0 cm³/mol. The third-order valence-corrected chi connectivity index (χ3v) is 3.63. The van der Waals surface area contributed by atoms with Crippen LogP contribution in [0, 0.1) is 0 Å². The first kappa shape index (κ1) is 15.4. The average molecular weight is 308 g/mol. The maximum absolute atomic E-state index is 11.8. The van der Waals surface area contributed by atoms with Gasteiger partial charge < -0.3 is 15.6 Å². The molecular weight excluding hydrogens is 290 g/mol. The van der Waals surface area contributed by atoms with E-state index in [2.05, 4.69) is 5.32 Å². The van der Waals surface area contributed by atoms with E-state index >= 15 is 0 Å². The summed E-state index contributed by atoms with van der Waals surface area (Å²) in [4.78, 5) is 22.9. The molecule has 112 valence electrons. The van der Waals surface area contributed by atoms with Crippen molar-refractivity contribution in [1.29, 1.82) is 0 Å². The standard InChI is InChI=1S/C15H18ClN3O2/c1-2-12(15(17)21)18-14(20)6-8-19-7-5-10-9-11(16)3-4-13(10)19/h3-5,7,9,12H,2,6,8H2,1H3,(H2,17,21)(H,18,20)/t12-/m1/s1. The largest absolute Gasteiger partial charge is 0.368 e. The number of hydrogen-bond donors (Lipinski definition) is 2. The van der Waals surface area contributed by atoms with E-state index in [1.165, 1.54) is 0 Å². The second-order valence-electron chi connectivity index (χ2n) is 4.89. The molecule has 2 aromatic rings. The summed E-state index contributed by atoms with van der Waals surface area (Å²) in [5, 5.41) is 4.36. The van der Waals surface area contributed by atoms with Crippen LogP contribution >= 0.6 is 11.6 Å². The molecule has 1 heterocycles. The van der Waals surface area contributed by atoms with Crippen molar-refractivity contribution in [2.75, 3.05) is 0 Å². The fourth-order valence-corrected chi connectivity index (χ4v) is 2.41. The molecule has 0 radical (unpaired) electrons. The lowest BCUT2D eigenvalue weighted by Gasteiger charge is -2.13. The van der Waals surface area contributed by atoms with Crippen molar-refractivity contribution in [3.63, 3.8) is 0 Å². The summed E-state index contributed by atoms with van der Waals surface area (Å²) in [6, 6.07) is 6.98. The van der Waals surface area contributed by atoms with Gasteiger partial charge in [0.2, 0.25) is 11.8 Å². The highest BCUT2D eigenvalue weighted by Crippen LogP contribution is 2.20. The van der Waals surface area contributed by atoms with Crippen LogP contribution in [0.2, 0.25) is 5.02 Å². The number of amides is 2. The molecule has 1 atom stereocenters. The van der Waals surface area contributed by atoms with Crippen molar-refractivity contribution >= 4 is 34.3 Å². The average Bonchev–Trinajstić information content (AvgIpc) is 2.84. The minimum Gasteiger partial charge on any atom is -0.368 e. The van der Waals surface area contributed by atoms with E-state index in [9.17, 15) is 9.59 Å². The Morgan fingerprint density at radius 2 is 2.14 bits per heavy atom. The molecule has 0 fully saturated rings. The number of aryl methyl sites for hydroxylation is 1. The van der Waals surface area contributed by atoms with E-state index in [0.717, 1.165) is 10.9 Å². The lowest BCUT2D eigenvalue weighted by Crippen LogP contribution is -2.44. The molecule has 0 aliphatic rings. The number of nitrogens with one attached hydrogen (secondary N) is 1. The second-order valence-corrected chi connectivity index (χ2v) is 5.33. The molecule has 1 aromatic carbocycles. The zero-order chi connectivity index (χ0) is 15.4. The summed E-state index contributed by atoms with van der Waals surface area (Å²) < 4.78 is 1.98. The Hall–Kier alpha value is -2.01. The highest BCUT2D eigenvalue weighted by Gasteiger charge is 2.15. The number of fused-ring (bicyclic) bond motifs is 1. The van der Waals surface area contributed by atoms with Gasteiger partial charge in [0.15, 0.2) is 0 Å². The summed E-state index contributed by atoms with van der Waals surface area (Å²) in [5.41, 5.74) is 6.23. The van der Waals surface area contributed by atoms with E-state index in [1.807, 2.05) is 35.0 Å². The van der Waals surface area contributed by atoms with Gasteiger partial charge in [0.05, 0.1) is 0 Å². The van der Waals surface area contributed by atoms with Crippen LogP contribution in [-0.4, -0.2) is 22.4 Å². The molecule has 0 aliphatic heterocycles. The van der Waals surface area contributed by atoms with Gasteiger partial charge in [-0.05, 0) is 30.7 Å². The molecule has 6 heteroatoms. The SMILES string of the molecule is CC[C@@H](NC(=O)CCn1ccc2cc(Cl)ccc21)C(N)=O. The number of nitrogens with two attached hydrogens (primary N) is 1. The Bertz CT molecular complexity index is 666. The van der Waals surface area contributed by atoms with Crippen molar-refractivity contribution in [2.45, 2.75) is 32.4 Å². The van der Waals surface area contributed by atoms with Gasteiger partial charge in [-0.15, -0.1) is 0 Å². The van der Waals surface area contributed by atoms with Crippen molar-refractivity contribution in [1.82, 2.24) is 9.88 Å². The molecule has 21 heavy (non-hydrogen) atoms. The fraction of sp³-hybridized carbons (Fsp3) is 0.333. The molecule has 0 saturated carbocycles. The van der Waals surface area contributed by atoms with Crippen LogP contribution in [-0.2, 0) is 16.1 Å². The topological polar surface area (TPSA) is 77.1 Å².